The summed E-state index contributed by atoms with van der Waals surface area (Å²) >= 11 is 0. The molecule has 33 heavy (non-hydrogen) atoms. The number of aliphatic hydroxyl groups is 1. The SMILES string of the molecule is C[C@H](O)C(=O)N(CCCN1C2CCC1CC(c1cccc(C(N)=O)c1)C2)Cc1ccccc1. The van der Waals surface area contributed by atoms with Gasteiger partial charge in [-0.1, -0.05) is 42.5 Å². The van der Waals surface area contributed by atoms with Crippen molar-refractivity contribution in [2.24, 2.45) is 5.73 Å². The number of piperidine rings is 1. The maximum Gasteiger partial charge on any atom is 0.251 e. The van der Waals surface area contributed by atoms with Crippen molar-refractivity contribution in [2.45, 2.75) is 69.7 Å². The van der Waals surface area contributed by atoms with E-state index >= 15 is 0 Å². The number of benzene rings is 2. The summed E-state index contributed by atoms with van der Waals surface area (Å²) < 4.78 is 0. The Morgan fingerprint density at radius 3 is 2.42 bits per heavy atom. The van der Waals surface area contributed by atoms with E-state index < -0.39 is 6.10 Å². The number of carbonyl (C=O) groups excluding carboxylic acids is 2. The minimum absolute atomic E-state index is 0.213. The highest BCUT2D eigenvalue weighted by atomic mass is 16.3. The van der Waals surface area contributed by atoms with E-state index in [2.05, 4.69) is 11.0 Å². The molecule has 176 valence electrons. The molecule has 0 radical (unpaired) electrons. The number of primary amides is 1. The van der Waals surface area contributed by atoms with Crippen LogP contribution in [0, 0.1) is 0 Å². The molecule has 2 saturated heterocycles. The minimum atomic E-state index is -0.989. The van der Waals surface area contributed by atoms with Crippen LogP contribution in [0.15, 0.2) is 54.6 Å². The Labute approximate surface area is 196 Å². The lowest BCUT2D eigenvalue weighted by Gasteiger charge is -2.39. The normalized spacial score (nSPS) is 23.3. The van der Waals surface area contributed by atoms with Crippen molar-refractivity contribution in [3.8, 4) is 0 Å². The van der Waals surface area contributed by atoms with Crippen LogP contribution in [0.2, 0.25) is 0 Å². The Morgan fingerprint density at radius 1 is 1.09 bits per heavy atom. The molecule has 2 fully saturated rings. The third kappa shape index (κ3) is 5.63. The van der Waals surface area contributed by atoms with Crippen LogP contribution in [-0.2, 0) is 11.3 Å². The van der Waals surface area contributed by atoms with E-state index in [1.165, 1.54) is 18.4 Å². The predicted molar refractivity (Wildman–Crippen MR) is 129 cm³/mol. The summed E-state index contributed by atoms with van der Waals surface area (Å²) in [5.74, 6) is -0.122. The molecular weight excluding hydrogens is 414 g/mol. The number of nitrogens with two attached hydrogens (primary N) is 1. The highest BCUT2D eigenvalue weighted by Gasteiger charge is 2.40. The van der Waals surface area contributed by atoms with E-state index in [0.717, 1.165) is 31.4 Å². The summed E-state index contributed by atoms with van der Waals surface area (Å²) in [5.41, 5.74) is 8.36. The van der Waals surface area contributed by atoms with Crippen LogP contribution in [0.4, 0.5) is 0 Å². The first-order valence-corrected chi connectivity index (χ1v) is 12.1. The molecule has 0 spiro atoms. The van der Waals surface area contributed by atoms with Gasteiger partial charge in [0.2, 0.25) is 5.91 Å². The van der Waals surface area contributed by atoms with Gasteiger partial charge < -0.3 is 15.7 Å². The summed E-state index contributed by atoms with van der Waals surface area (Å²) in [4.78, 5) is 28.6. The molecule has 3 N–H and O–H groups in total. The topological polar surface area (TPSA) is 86.9 Å². The lowest BCUT2D eigenvalue weighted by Crippen LogP contribution is -2.44. The molecule has 2 heterocycles. The van der Waals surface area contributed by atoms with Crippen LogP contribution >= 0.6 is 0 Å². The van der Waals surface area contributed by atoms with E-state index in [1.54, 1.807) is 17.9 Å². The van der Waals surface area contributed by atoms with Crippen molar-refractivity contribution in [3.05, 3.63) is 71.3 Å². The molecule has 6 nitrogen and oxygen atoms in total. The van der Waals surface area contributed by atoms with Gasteiger partial charge in [-0.3, -0.25) is 14.5 Å². The highest BCUT2D eigenvalue weighted by molar-refractivity contribution is 5.92. The van der Waals surface area contributed by atoms with E-state index in [4.69, 9.17) is 5.73 Å². The zero-order valence-corrected chi connectivity index (χ0v) is 19.4. The van der Waals surface area contributed by atoms with Gasteiger partial charge in [-0.25, -0.2) is 0 Å². The quantitative estimate of drug-likeness (QED) is 0.615. The van der Waals surface area contributed by atoms with Gasteiger partial charge in [0.1, 0.15) is 6.10 Å². The third-order valence-corrected chi connectivity index (χ3v) is 7.26. The van der Waals surface area contributed by atoms with Crippen LogP contribution in [0.1, 0.15) is 66.4 Å². The molecule has 4 rings (SSSR count). The minimum Gasteiger partial charge on any atom is -0.384 e. The Bertz CT molecular complexity index is 948. The molecule has 2 aliphatic heterocycles. The Hall–Kier alpha value is -2.70. The van der Waals surface area contributed by atoms with Gasteiger partial charge in [-0.05, 0) is 68.2 Å². The number of nitrogens with zero attached hydrogens (tertiary/aromatic N) is 2. The zero-order valence-electron chi connectivity index (χ0n) is 19.4. The van der Waals surface area contributed by atoms with Crippen molar-refractivity contribution in [1.82, 2.24) is 9.80 Å². The average Bonchev–Trinajstić information content (AvgIpc) is 3.05. The second-order valence-corrected chi connectivity index (χ2v) is 9.56. The molecule has 6 heteroatoms. The maximum absolute atomic E-state index is 12.6. The zero-order chi connectivity index (χ0) is 23.4. The highest BCUT2D eigenvalue weighted by Crippen LogP contribution is 2.43. The van der Waals surface area contributed by atoms with Crippen molar-refractivity contribution in [3.63, 3.8) is 0 Å². The summed E-state index contributed by atoms with van der Waals surface area (Å²) in [6.45, 7) is 3.66. The maximum atomic E-state index is 12.6. The van der Waals surface area contributed by atoms with Crippen molar-refractivity contribution >= 4 is 11.8 Å². The summed E-state index contributed by atoms with van der Waals surface area (Å²) in [7, 11) is 0. The van der Waals surface area contributed by atoms with Crippen molar-refractivity contribution in [2.75, 3.05) is 13.1 Å². The van der Waals surface area contributed by atoms with Gasteiger partial charge in [-0.15, -0.1) is 0 Å². The number of carbonyl (C=O) groups is 2. The van der Waals surface area contributed by atoms with Crippen LogP contribution in [0.3, 0.4) is 0 Å². The lowest BCUT2D eigenvalue weighted by molar-refractivity contribution is -0.140. The molecule has 2 aromatic carbocycles. The number of aliphatic hydroxyl groups excluding tert-OH is 1. The molecule has 2 aliphatic rings. The predicted octanol–water partition coefficient (Wildman–Crippen LogP) is 3.30. The van der Waals surface area contributed by atoms with Crippen LogP contribution in [-0.4, -0.2) is 58.0 Å². The van der Waals surface area contributed by atoms with Crippen LogP contribution in [0.5, 0.6) is 0 Å². The van der Waals surface area contributed by atoms with Gasteiger partial charge in [-0.2, -0.15) is 0 Å². The molecule has 0 aromatic heterocycles. The molecule has 2 aromatic rings. The standard InChI is InChI=1S/C27H35N3O3/c1-19(31)27(33)29(18-20-7-3-2-4-8-20)13-6-14-30-24-11-12-25(30)17-23(16-24)21-9-5-10-22(15-21)26(28)32/h2-5,7-10,15,19,23-25,31H,6,11-14,16-18H2,1H3,(H2,28,32)/t19-,23?,24?,25?/m0/s1. The van der Waals surface area contributed by atoms with Gasteiger partial charge in [0.25, 0.3) is 5.91 Å². The number of fused-ring (bicyclic) bond motifs is 2. The van der Waals surface area contributed by atoms with E-state index in [1.807, 2.05) is 42.5 Å². The first kappa shape index (κ1) is 23.5. The fraction of sp³-hybridized carbons (Fsp3) is 0.481. The second kappa shape index (κ2) is 10.5. The molecule has 2 amide bonds. The van der Waals surface area contributed by atoms with Gasteiger partial charge in [0.05, 0.1) is 0 Å². The van der Waals surface area contributed by atoms with Crippen molar-refractivity contribution in [1.29, 1.82) is 0 Å². The molecular formula is C27H35N3O3. The number of hydrogen-bond acceptors (Lipinski definition) is 4. The summed E-state index contributed by atoms with van der Waals surface area (Å²) in [6, 6.07) is 18.8. The molecule has 2 bridgehead atoms. The summed E-state index contributed by atoms with van der Waals surface area (Å²) in [5, 5.41) is 9.87. The van der Waals surface area contributed by atoms with Crippen molar-refractivity contribution < 1.29 is 14.7 Å². The third-order valence-electron chi connectivity index (χ3n) is 7.26. The Kier molecular flexibility index (Phi) is 7.46. The lowest BCUT2D eigenvalue weighted by atomic mass is 9.84. The number of hydrogen-bond donors (Lipinski definition) is 2. The fourth-order valence-corrected chi connectivity index (χ4v) is 5.64. The smallest absolute Gasteiger partial charge is 0.251 e. The van der Waals surface area contributed by atoms with Gasteiger partial charge in [0.15, 0.2) is 0 Å². The average molecular weight is 450 g/mol. The van der Waals surface area contributed by atoms with E-state index in [-0.39, 0.29) is 11.8 Å². The van der Waals surface area contributed by atoms with Crippen LogP contribution < -0.4 is 5.73 Å². The first-order valence-electron chi connectivity index (χ1n) is 12.1. The number of rotatable bonds is 9. The monoisotopic (exact) mass is 449 g/mol. The molecule has 3 atom stereocenters. The largest absolute Gasteiger partial charge is 0.384 e. The van der Waals surface area contributed by atoms with Crippen LogP contribution in [0.25, 0.3) is 0 Å². The molecule has 0 aliphatic carbocycles. The summed E-state index contributed by atoms with van der Waals surface area (Å²) in [6.07, 6.45) is 4.50. The molecule has 2 unspecified atom stereocenters. The Balaban J connectivity index is 1.34. The van der Waals surface area contributed by atoms with E-state index in [0.29, 0.717) is 36.7 Å². The first-order chi connectivity index (χ1) is 15.9. The second-order valence-electron chi connectivity index (χ2n) is 9.56. The van der Waals surface area contributed by atoms with E-state index in [9.17, 15) is 14.7 Å². The van der Waals surface area contributed by atoms with Gasteiger partial charge >= 0.3 is 0 Å². The fourth-order valence-electron chi connectivity index (χ4n) is 5.64. The number of amides is 2. The van der Waals surface area contributed by atoms with Gasteiger partial charge in [0, 0.05) is 37.3 Å². The Morgan fingerprint density at radius 2 is 1.79 bits per heavy atom. The molecule has 0 saturated carbocycles.